The van der Waals surface area contributed by atoms with Crippen molar-refractivity contribution in [2.75, 3.05) is 6.54 Å². The predicted octanol–water partition coefficient (Wildman–Crippen LogP) is 2.65. The average molecular weight is 250 g/mol. The van der Waals surface area contributed by atoms with Crippen LogP contribution in [0.5, 0.6) is 0 Å². The standard InChI is InChI=1S/C13H16ClN3/c1-10(11-2-4-12(14)5-3-11)17-9-16-8-13(17)6-7-15/h2-5,8-10H,6-7,15H2,1H3. The number of nitrogens with zero attached hydrogens (tertiary/aromatic N) is 2. The van der Waals surface area contributed by atoms with Gasteiger partial charge in [0, 0.05) is 23.3 Å². The van der Waals surface area contributed by atoms with E-state index in [2.05, 4.69) is 16.5 Å². The fourth-order valence-electron chi connectivity index (χ4n) is 1.92. The summed E-state index contributed by atoms with van der Waals surface area (Å²) in [6.45, 7) is 2.78. The van der Waals surface area contributed by atoms with E-state index in [9.17, 15) is 0 Å². The van der Waals surface area contributed by atoms with Crippen molar-refractivity contribution in [3.05, 3.63) is 53.1 Å². The normalized spacial score (nSPS) is 12.6. The summed E-state index contributed by atoms with van der Waals surface area (Å²) in [6, 6.07) is 8.15. The van der Waals surface area contributed by atoms with Gasteiger partial charge in [0.1, 0.15) is 0 Å². The number of rotatable bonds is 4. The molecule has 2 N–H and O–H groups in total. The highest BCUT2D eigenvalue weighted by Crippen LogP contribution is 2.21. The molecule has 3 nitrogen and oxygen atoms in total. The van der Waals surface area contributed by atoms with Crippen LogP contribution in [0.1, 0.15) is 24.2 Å². The molecule has 0 bridgehead atoms. The van der Waals surface area contributed by atoms with Gasteiger partial charge in [-0.15, -0.1) is 0 Å². The summed E-state index contributed by atoms with van der Waals surface area (Å²) in [5.74, 6) is 0. The number of halogens is 1. The van der Waals surface area contributed by atoms with Crippen LogP contribution in [0.15, 0.2) is 36.8 Å². The molecule has 1 aromatic heterocycles. The summed E-state index contributed by atoms with van der Waals surface area (Å²) in [4.78, 5) is 4.19. The Bertz CT molecular complexity index is 476. The molecule has 2 rings (SSSR count). The molecular formula is C13H16ClN3. The number of aromatic nitrogens is 2. The Hall–Kier alpha value is -1.32. The Balaban J connectivity index is 2.26. The van der Waals surface area contributed by atoms with Crippen molar-refractivity contribution in [2.24, 2.45) is 5.73 Å². The highest BCUT2D eigenvalue weighted by Gasteiger charge is 2.10. The van der Waals surface area contributed by atoms with E-state index in [4.69, 9.17) is 17.3 Å². The Morgan fingerprint density at radius 1 is 1.35 bits per heavy atom. The maximum absolute atomic E-state index is 5.89. The summed E-state index contributed by atoms with van der Waals surface area (Å²) < 4.78 is 2.15. The summed E-state index contributed by atoms with van der Waals surface area (Å²) in [6.07, 6.45) is 4.57. The van der Waals surface area contributed by atoms with Crippen molar-refractivity contribution in [3.8, 4) is 0 Å². The van der Waals surface area contributed by atoms with Crippen LogP contribution >= 0.6 is 11.6 Å². The highest BCUT2D eigenvalue weighted by molar-refractivity contribution is 6.30. The van der Waals surface area contributed by atoms with Gasteiger partial charge in [-0.2, -0.15) is 0 Å². The highest BCUT2D eigenvalue weighted by atomic mass is 35.5. The lowest BCUT2D eigenvalue weighted by Crippen LogP contribution is -2.12. The molecule has 0 saturated carbocycles. The van der Waals surface area contributed by atoms with Crippen molar-refractivity contribution in [3.63, 3.8) is 0 Å². The zero-order valence-electron chi connectivity index (χ0n) is 9.81. The average Bonchev–Trinajstić information content (AvgIpc) is 2.78. The Morgan fingerprint density at radius 3 is 2.71 bits per heavy atom. The van der Waals surface area contributed by atoms with Crippen LogP contribution in [-0.4, -0.2) is 16.1 Å². The first-order chi connectivity index (χ1) is 8.22. The van der Waals surface area contributed by atoms with Crippen molar-refractivity contribution >= 4 is 11.6 Å². The minimum Gasteiger partial charge on any atom is -0.330 e. The van der Waals surface area contributed by atoms with Gasteiger partial charge in [-0.05, 0) is 31.2 Å². The molecule has 2 aromatic rings. The van der Waals surface area contributed by atoms with Gasteiger partial charge < -0.3 is 10.3 Å². The molecule has 4 heteroatoms. The second-order valence-corrected chi connectivity index (χ2v) is 4.49. The van der Waals surface area contributed by atoms with Gasteiger partial charge >= 0.3 is 0 Å². The third-order valence-electron chi connectivity index (χ3n) is 2.92. The molecule has 0 fully saturated rings. The number of imidazole rings is 1. The monoisotopic (exact) mass is 249 g/mol. The van der Waals surface area contributed by atoms with Gasteiger partial charge in [-0.3, -0.25) is 0 Å². The third-order valence-corrected chi connectivity index (χ3v) is 3.17. The molecule has 1 heterocycles. The summed E-state index contributed by atoms with van der Waals surface area (Å²) in [7, 11) is 0. The SMILES string of the molecule is CC(c1ccc(Cl)cc1)n1cncc1CCN. The van der Waals surface area contributed by atoms with Gasteiger partial charge in [0.2, 0.25) is 0 Å². The van der Waals surface area contributed by atoms with E-state index in [-0.39, 0.29) is 6.04 Å². The Kier molecular flexibility index (Phi) is 3.82. The van der Waals surface area contributed by atoms with E-state index in [0.29, 0.717) is 6.54 Å². The molecule has 17 heavy (non-hydrogen) atoms. The van der Waals surface area contributed by atoms with Crippen LogP contribution in [0.25, 0.3) is 0 Å². The lowest BCUT2D eigenvalue weighted by atomic mass is 10.1. The fraction of sp³-hybridized carbons (Fsp3) is 0.308. The van der Waals surface area contributed by atoms with Gasteiger partial charge in [0.05, 0.1) is 12.4 Å². The molecule has 0 aliphatic heterocycles. The molecule has 0 radical (unpaired) electrons. The first kappa shape index (κ1) is 12.1. The minimum absolute atomic E-state index is 0.247. The smallest absolute Gasteiger partial charge is 0.0953 e. The van der Waals surface area contributed by atoms with Crippen molar-refractivity contribution in [2.45, 2.75) is 19.4 Å². The zero-order chi connectivity index (χ0) is 12.3. The van der Waals surface area contributed by atoms with Crippen LogP contribution in [0, 0.1) is 0 Å². The van der Waals surface area contributed by atoms with Crippen molar-refractivity contribution in [1.82, 2.24) is 9.55 Å². The molecular weight excluding hydrogens is 234 g/mol. The van der Waals surface area contributed by atoms with E-state index >= 15 is 0 Å². The minimum atomic E-state index is 0.247. The molecule has 0 amide bonds. The molecule has 1 atom stereocenters. The van der Waals surface area contributed by atoms with Gasteiger partial charge in [-0.25, -0.2) is 4.98 Å². The summed E-state index contributed by atoms with van der Waals surface area (Å²) >= 11 is 5.89. The van der Waals surface area contributed by atoms with Crippen molar-refractivity contribution in [1.29, 1.82) is 0 Å². The lowest BCUT2D eigenvalue weighted by Gasteiger charge is -2.16. The van der Waals surface area contributed by atoms with Gasteiger partial charge in [0.25, 0.3) is 0 Å². The summed E-state index contributed by atoms with van der Waals surface area (Å²) in [5, 5.41) is 0.758. The van der Waals surface area contributed by atoms with E-state index < -0.39 is 0 Å². The number of benzene rings is 1. The van der Waals surface area contributed by atoms with Crippen LogP contribution < -0.4 is 5.73 Å². The molecule has 0 spiro atoms. The largest absolute Gasteiger partial charge is 0.330 e. The molecule has 1 unspecified atom stereocenters. The molecule has 1 aromatic carbocycles. The third kappa shape index (κ3) is 2.68. The van der Waals surface area contributed by atoms with E-state index in [0.717, 1.165) is 17.1 Å². The van der Waals surface area contributed by atoms with E-state index in [1.165, 1.54) is 5.56 Å². The van der Waals surface area contributed by atoms with E-state index in [1.54, 1.807) is 0 Å². The van der Waals surface area contributed by atoms with Crippen LogP contribution in [0.4, 0.5) is 0 Å². The van der Waals surface area contributed by atoms with Crippen LogP contribution in [0.2, 0.25) is 5.02 Å². The number of hydrogen-bond acceptors (Lipinski definition) is 2. The van der Waals surface area contributed by atoms with E-state index in [1.807, 2.05) is 36.8 Å². The van der Waals surface area contributed by atoms with Gasteiger partial charge in [0.15, 0.2) is 0 Å². The van der Waals surface area contributed by atoms with Crippen LogP contribution in [-0.2, 0) is 6.42 Å². The fourth-order valence-corrected chi connectivity index (χ4v) is 2.05. The second kappa shape index (κ2) is 5.34. The lowest BCUT2D eigenvalue weighted by molar-refractivity contribution is 0.607. The van der Waals surface area contributed by atoms with Gasteiger partial charge in [-0.1, -0.05) is 23.7 Å². The quantitative estimate of drug-likeness (QED) is 0.905. The summed E-state index contributed by atoms with van der Waals surface area (Å²) in [5.41, 5.74) is 7.96. The first-order valence-corrected chi connectivity index (χ1v) is 6.06. The molecule has 90 valence electrons. The molecule has 0 aliphatic rings. The zero-order valence-corrected chi connectivity index (χ0v) is 10.6. The first-order valence-electron chi connectivity index (χ1n) is 5.68. The number of nitrogens with two attached hydrogens (primary N) is 1. The maximum Gasteiger partial charge on any atom is 0.0953 e. The molecule has 0 aliphatic carbocycles. The predicted molar refractivity (Wildman–Crippen MR) is 70.3 cm³/mol. The van der Waals surface area contributed by atoms with Crippen molar-refractivity contribution < 1.29 is 0 Å². The maximum atomic E-state index is 5.89. The number of hydrogen-bond donors (Lipinski definition) is 1. The van der Waals surface area contributed by atoms with Crippen LogP contribution in [0.3, 0.4) is 0 Å². The Labute approximate surface area is 106 Å². The Morgan fingerprint density at radius 2 is 2.06 bits per heavy atom. The molecule has 0 saturated heterocycles. The topological polar surface area (TPSA) is 43.8 Å². The second-order valence-electron chi connectivity index (χ2n) is 4.06.